The second-order valence-electron chi connectivity index (χ2n) is 3.28. The van der Waals surface area contributed by atoms with Crippen molar-refractivity contribution in [1.82, 2.24) is 0 Å². The molecule has 1 heterocycles. The summed E-state index contributed by atoms with van der Waals surface area (Å²) in [6.07, 6.45) is 0. The van der Waals surface area contributed by atoms with Crippen LogP contribution in [-0.4, -0.2) is 24.7 Å². The van der Waals surface area contributed by atoms with Gasteiger partial charge in [0.25, 0.3) is 0 Å². The lowest BCUT2D eigenvalue weighted by molar-refractivity contribution is -0.119. The summed E-state index contributed by atoms with van der Waals surface area (Å²) in [5.41, 5.74) is 6.69. The number of carbonyl (C=O) groups is 1. The quantitative estimate of drug-likeness (QED) is 0.694. The fraction of sp³-hybridized carbons (Fsp3) is 0.300. The summed E-state index contributed by atoms with van der Waals surface area (Å²) in [6, 6.07) is 7.47. The Kier molecular flexibility index (Phi) is 2.48. The number of benzene rings is 1. The smallest absolute Gasteiger partial charge is 0.244 e. The Morgan fingerprint density at radius 3 is 3.00 bits per heavy atom. The first-order chi connectivity index (χ1) is 6.70. The second-order valence-corrected chi connectivity index (χ2v) is 4.34. The van der Waals surface area contributed by atoms with Gasteiger partial charge in [-0.25, -0.2) is 0 Å². The average Bonchev–Trinajstić information content (AvgIpc) is 2.32. The zero-order valence-electron chi connectivity index (χ0n) is 7.93. The van der Waals surface area contributed by atoms with Gasteiger partial charge in [-0.05, 0) is 12.1 Å². The van der Waals surface area contributed by atoms with Crippen LogP contribution in [0.25, 0.3) is 0 Å². The van der Waals surface area contributed by atoms with E-state index in [2.05, 4.69) is 0 Å². The minimum absolute atomic E-state index is 0.0116. The van der Waals surface area contributed by atoms with Crippen LogP contribution in [0.1, 0.15) is 0 Å². The van der Waals surface area contributed by atoms with Gasteiger partial charge < -0.3 is 10.6 Å². The number of fused-ring (bicyclic) bond motifs is 1. The largest absolute Gasteiger partial charge is 0.319 e. The van der Waals surface area contributed by atoms with E-state index in [1.165, 1.54) is 0 Å². The normalized spacial score (nSPS) is 21.7. The molecule has 2 rings (SSSR count). The number of likely N-dealkylation sites (N-methyl/N-ethyl adjacent to an activating group) is 1. The van der Waals surface area contributed by atoms with Crippen molar-refractivity contribution >= 4 is 23.4 Å². The molecule has 0 spiro atoms. The van der Waals surface area contributed by atoms with Crippen molar-refractivity contribution in [1.29, 1.82) is 0 Å². The summed E-state index contributed by atoms with van der Waals surface area (Å²) >= 11 is 1.64. The summed E-state index contributed by atoms with van der Waals surface area (Å²) in [5, 5.41) is 0. The number of hydrogen-bond acceptors (Lipinski definition) is 3. The third-order valence-electron chi connectivity index (χ3n) is 2.29. The molecule has 0 saturated heterocycles. The first-order valence-electron chi connectivity index (χ1n) is 4.45. The Balaban J connectivity index is 2.45. The number of carbonyl (C=O) groups excluding carboxylic acids is 1. The molecular weight excluding hydrogens is 196 g/mol. The SMILES string of the molecule is CN1C(=O)[C@H](N)CSc2ccccc21. The number of amides is 1. The summed E-state index contributed by atoms with van der Waals surface area (Å²) < 4.78 is 0. The predicted octanol–water partition coefficient (Wildman–Crippen LogP) is 1.08. The lowest BCUT2D eigenvalue weighted by Crippen LogP contribution is -2.42. The molecule has 0 aliphatic carbocycles. The Morgan fingerprint density at radius 1 is 1.50 bits per heavy atom. The van der Waals surface area contributed by atoms with E-state index in [0.717, 1.165) is 10.6 Å². The maximum Gasteiger partial charge on any atom is 0.244 e. The van der Waals surface area contributed by atoms with E-state index < -0.39 is 6.04 Å². The fourth-order valence-corrected chi connectivity index (χ4v) is 2.50. The molecule has 1 amide bonds. The van der Waals surface area contributed by atoms with Gasteiger partial charge in [0.1, 0.15) is 0 Å². The van der Waals surface area contributed by atoms with Crippen LogP contribution in [0.4, 0.5) is 5.69 Å². The van der Waals surface area contributed by atoms with E-state index in [1.54, 1.807) is 23.7 Å². The molecule has 0 unspecified atom stereocenters. The highest BCUT2D eigenvalue weighted by Crippen LogP contribution is 2.32. The highest BCUT2D eigenvalue weighted by molar-refractivity contribution is 7.99. The van der Waals surface area contributed by atoms with E-state index in [9.17, 15) is 4.79 Å². The van der Waals surface area contributed by atoms with Crippen molar-refractivity contribution in [3.8, 4) is 0 Å². The van der Waals surface area contributed by atoms with Crippen LogP contribution >= 0.6 is 11.8 Å². The van der Waals surface area contributed by atoms with Crippen LogP contribution < -0.4 is 10.6 Å². The molecule has 1 aromatic carbocycles. The van der Waals surface area contributed by atoms with Crippen LogP contribution in [0.3, 0.4) is 0 Å². The number of thioether (sulfide) groups is 1. The number of para-hydroxylation sites is 1. The second kappa shape index (κ2) is 3.63. The minimum Gasteiger partial charge on any atom is -0.319 e. The minimum atomic E-state index is -0.391. The molecule has 2 N–H and O–H groups in total. The zero-order valence-corrected chi connectivity index (χ0v) is 8.75. The van der Waals surface area contributed by atoms with Crippen molar-refractivity contribution in [3.63, 3.8) is 0 Å². The van der Waals surface area contributed by atoms with Crippen molar-refractivity contribution in [2.45, 2.75) is 10.9 Å². The topological polar surface area (TPSA) is 46.3 Å². The molecule has 0 aromatic heterocycles. The van der Waals surface area contributed by atoms with Crippen molar-refractivity contribution in [3.05, 3.63) is 24.3 Å². The monoisotopic (exact) mass is 208 g/mol. The highest BCUT2D eigenvalue weighted by Gasteiger charge is 2.24. The summed E-state index contributed by atoms with van der Waals surface area (Å²) in [7, 11) is 1.77. The number of nitrogens with two attached hydrogens (primary N) is 1. The van der Waals surface area contributed by atoms with Gasteiger partial charge in [-0.1, -0.05) is 12.1 Å². The van der Waals surface area contributed by atoms with Crippen molar-refractivity contribution in [2.75, 3.05) is 17.7 Å². The van der Waals surface area contributed by atoms with Crippen molar-refractivity contribution < 1.29 is 4.79 Å². The van der Waals surface area contributed by atoms with Crippen LogP contribution in [0, 0.1) is 0 Å². The fourth-order valence-electron chi connectivity index (χ4n) is 1.47. The molecule has 0 radical (unpaired) electrons. The molecule has 0 fully saturated rings. The lowest BCUT2D eigenvalue weighted by Gasteiger charge is -2.18. The Bertz CT molecular complexity index is 367. The van der Waals surface area contributed by atoms with Crippen LogP contribution in [-0.2, 0) is 4.79 Å². The molecular formula is C10H12N2OS. The Hall–Kier alpha value is -1.00. The predicted molar refractivity (Wildman–Crippen MR) is 58.6 cm³/mol. The molecule has 1 atom stereocenters. The Morgan fingerprint density at radius 2 is 2.21 bits per heavy atom. The number of anilines is 1. The van der Waals surface area contributed by atoms with Crippen LogP contribution in [0.15, 0.2) is 29.2 Å². The van der Waals surface area contributed by atoms with Gasteiger partial charge in [0.05, 0.1) is 11.7 Å². The van der Waals surface area contributed by atoms with E-state index in [1.807, 2.05) is 24.3 Å². The van der Waals surface area contributed by atoms with Gasteiger partial charge in [0, 0.05) is 17.7 Å². The number of nitrogens with zero attached hydrogens (tertiary/aromatic N) is 1. The lowest BCUT2D eigenvalue weighted by atomic mass is 10.2. The standard InChI is InChI=1S/C10H12N2OS/c1-12-8-4-2-3-5-9(8)14-6-7(11)10(12)13/h2-5,7H,6,11H2,1H3/t7-/m1/s1. The molecule has 14 heavy (non-hydrogen) atoms. The van der Waals surface area contributed by atoms with Crippen LogP contribution in [0.2, 0.25) is 0 Å². The van der Waals surface area contributed by atoms with E-state index in [4.69, 9.17) is 5.73 Å². The van der Waals surface area contributed by atoms with Gasteiger partial charge >= 0.3 is 0 Å². The maximum atomic E-state index is 11.7. The first-order valence-corrected chi connectivity index (χ1v) is 5.43. The van der Waals surface area contributed by atoms with Gasteiger partial charge in [-0.3, -0.25) is 4.79 Å². The Labute approximate surface area is 87.3 Å². The zero-order chi connectivity index (χ0) is 10.1. The third kappa shape index (κ3) is 1.51. The first kappa shape index (κ1) is 9.55. The van der Waals surface area contributed by atoms with Crippen molar-refractivity contribution in [2.24, 2.45) is 5.73 Å². The maximum absolute atomic E-state index is 11.7. The van der Waals surface area contributed by atoms with Gasteiger partial charge in [-0.2, -0.15) is 0 Å². The van der Waals surface area contributed by atoms with Gasteiger partial charge in [0.2, 0.25) is 5.91 Å². The molecule has 1 aromatic rings. The van der Waals surface area contributed by atoms with Crippen LogP contribution in [0.5, 0.6) is 0 Å². The third-order valence-corrected chi connectivity index (χ3v) is 3.47. The van der Waals surface area contributed by atoms with Gasteiger partial charge in [0.15, 0.2) is 0 Å². The summed E-state index contributed by atoms with van der Waals surface area (Å²) in [6.45, 7) is 0. The molecule has 3 nitrogen and oxygen atoms in total. The molecule has 1 aliphatic heterocycles. The van der Waals surface area contributed by atoms with E-state index in [0.29, 0.717) is 5.75 Å². The average molecular weight is 208 g/mol. The molecule has 4 heteroatoms. The highest BCUT2D eigenvalue weighted by atomic mass is 32.2. The summed E-state index contributed by atoms with van der Waals surface area (Å²) in [5.74, 6) is 0.641. The number of hydrogen-bond donors (Lipinski definition) is 1. The molecule has 1 aliphatic rings. The molecule has 0 bridgehead atoms. The van der Waals surface area contributed by atoms with E-state index in [-0.39, 0.29) is 5.91 Å². The molecule has 0 saturated carbocycles. The van der Waals surface area contributed by atoms with E-state index >= 15 is 0 Å². The summed E-state index contributed by atoms with van der Waals surface area (Å²) in [4.78, 5) is 14.5. The molecule has 74 valence electrons. The number of rotatable bonds is 0. The van der Waals surface area contributed by atoms with Gasteiger partial charge in [-0.15, -0.1) is 11.8 Å².